The third kappa shape index (κ3) is 5.78. The van der Waals surface area contributed by atoms with Crippen LogP contribution in [0.1, 0.15) is 5.56 Å². The van der Waals surface area contributed by atoms with Crippen LogP contribution in [-0.2, 0) is 14.3 Å². The molecule has 0 unspecified atom stereocenters. The quantitative estimate of drug-likeness (QED) is 0.642. The predicted molar refractivity (Wildman–Crippen MR) is 93.1 cm³/mol. The van der Waals surface area contributed by atoms with Crippen LogP contribution in [0.5, 0.6) is 5.75 Å². The lowest BCUT2D eigenvalue weighted by atomic mass is 10.2. The van der Waals surface area contributed by atoms with Crippen molar-refractivity contribution < 1.29 is 19.1 Å². The minimum absolute atomic E-state index is 0.371. The van der Waals surface area contributed by atoms with E-state index < -0.39 is 11.9 Å². The molecule has 0 aromatic heterocycles. The van der Waals surface area contributed by atoms with Crippen molar-refractivity contribution in [2.45, 2.75) is 0 Å². The molecule has 24 heavy (non-hydrogen) atoms. The Morgan fingerprint density at radius 3 is 2.62 bits per heavy atom. The van der Waals surface area contributed by atoms with Crippen molar-refractivity contribution in [1.82, 2.24) is 0 Å². The molecule has 0 radical (unpaired) electrons. The Kier molecular flexibility index (Phi) is 6.40. The number of carbonyl (C=O) groups excluding carboxylic acids is 2. The van der Waals surface area contributed by atoms with E-state index in [9.17, 15) is 9.59 Å². The number of anilines is 1. The van der Waals surface area contributed by atoms with Crippen LogP contribution >= 0.6 is 11.6 Å². The summed E-state index contributed by atoms with van der Waals surface area (Å²) in [4.78, 5) is 23.3. The number of hydrogen-bond donors (Lipinski definition) is 1. The first-order valence-electron chi connectivity index (χ1n) is 7.11. The number of rotatable bonds is 6. The van der Waals surface area contributed by atoms with Crippen LogP contribution in [0.4, 0.5) is 5.69 Å². The molecule has 1 amide bonds. The highest BCUT2D eigenvalue weighted by molar-refractivity contribution is 6.30. The molecule has 0 heterocycles. The monoisotopic (exact) mass is 345 g/mol. The Morgan fingerprint density at radius 1 is 1.17 bits per heavy atom. The minimum atomic E-state index is -0.607. The highest BCUT2D eigenvalue weighted by atomic mass is 35.5. The van der Waals surface area contributed by atoms with Gasteiger partial charge in [0.2, 0.25) is 0 Å². The molecule has 0 fully saturated rings. The Bertz CT molecular complexity index is 741. The second-order valence-electron chi connectivity index (χ2n) is 4.77. The van der Waals surface area contributed by atoms with Crippen LogP contribution < -0.4 is 10.1 Å². The first-order valence-corrected chi connectivity index (χ1v) is 7.49. The van der Waals surface area contributed by atoms with E-state index in [1.54, 1.807) is 49.6 Å². The minimum Gasteiger partial charge on any atom is -0.497 e. The zero-order valence-electron chi connectivity index (χ0n) is 13.0. The number of carbonyl (C=O) groups is 2. The topological polar surface area (TPSA) is 64.6 Å². The largest absolute Gasteiger partial charge is 0.497 e. The van der Waals surface area contributed by atoms with E-state index in [2.05, 4.69) is 5.32 Å². The van der Waals surface area contributed by atoms with Crippen molar-refractivity contribution in [2.24, 2.45) is 0 Å². The van der Waals surface area contributed by atoms with E-state index in [4.69, 9.17) is 21.1 Å². The van der Waals surface area contributed by atoms with Gasteiger partial charge in [-0.3, -0.25) is 4.79 Å². The number of ether oxygens (including phenoxy) is 2. The molecule has 6 heteroatoms. The molecule has 0 aliphatic rings. The molecule has 0 aliphatic heterocycles. The van der Waals surface area contributed by atoms with Crippen LogP contribution in [0.2, 0.25) is 5.02 Å². The van der Waals surface area contributed by atoms with Crippen molar-refractivity contribution in [1.29, 1.82) is 0 Å². The van der Waals surface area contributed by atoms with Gasteiger partial charge >= 0.3 is 5.97 Å². The smallest absolute Gasteiger partial charge is 0.331 e. The van der Waals surface area contributed by atoms with Gasteiger partial charge in [0.1, 0.15) is 5.75 Å². The normalized spacial score (nSPS) is 10.4. The van der Waals surface area contributed by atoms with Crippen LogP contribution in [0, 0.1) is 0 Å². The van der Waals surface area contributed by atoms with Gasteiger partial charge in [0.25, 0.3) is 5.91 Å². The number of halogens is 1. The third-order valence-electron chi connectivity index (χ3n) is 2.98. The zero-order chi connectivity index (χ0) is 17.4. The average molecular weight is 346 g/mol. The molecule has 124 valence electrons. The number of esters is 1. The van der Waals surface area contributed by atoms with Crippen molar-refractivity contribution in [3.63, 3.8) is 0 Å². The Labute approximate surface area is 144 Å². The van der Waals surface area contributed by atoms with E-state index >= 15 is 0 Å². The lowest BCUT2D eigenvalue weighted by Gasteiger charge is -2.05. The first kappa shape index (κ1) is 17.6. The average Bonchev–Trinajstić information content (AvgIpc) is 2.60. The van der Waals surface area contributed by atoms with Gasteiger partial charge in [0.15, 0.2) is 6.61 Å². The lowest BCUT2D eigenvalue weighted by Crippen LogP contribution is -2.20. The number of hydrogen-bond acceptors (Lipinski definition) is 4. The predicted octanol–water partition coefficient (Wildman–Crippen LogP) is 3.54. The molecule has 0 atom stereocenters. The number of amides is 1. The maximum Gasteiger partial charge on any atom is 0.331 e. The van der Waals surface area contributed by atoms with Gasteiger partial charge in [-0.25, -0.2) is 4.79 Å². The van der Waals surface area contributed by atoms with Gasteiger partial charge in [-0.2, -0.15) is 0 Å². The van der Waals surface area contributed by atoms with Crippen molar-refractivity contribution in [3.05, 3.63) is 65.2 Å². The van der Waals surface area contributed by atoms with E-state index in [0.717, 1.165) is 5.56 Å². The standard InChI is InChI=1S/C18H16ClNO4/c1-23-16-4-2-3-13(11-16)5-10-18(22)24-12-17(21)20-15-8-6-14(19)7-9-15/h2-11H,12H2,1H3,(H,20,21)/b10-5+. The van der Waals surface area contributed by atoms with Gasteiger partial charge in [-0.1, -0.05) is 23.7 Å². The molecule has 2 rings (SSSR count). The van der Waals surface area contributed by atoms with E-state index in [0.29, 0.717) is 16.5 Å². The molecule has 0 saturated heterocycles. The van der Waals surface area contributed by atoms with Crippen molar-refractivity contribution in [3.8, 4) is 5.75 Å². The highest BCUT2D eigenvalue weighted by Gasteiger charge is 2.05. The molecule has 5 nitrogen and oxygen atoms in total. The molecule has 0 spiro atoms. The van der Waals surface area contributed by atoms with Gasteiger partial charge < -0.3 is 14.8 Å². The van der Waals surface area contributed by atoms with Gasteiger partial charge in [0.05, 0.1) is 7.11 Å². The Hall–Kier alpha value is -2.79. The summed E-state index contributed by atoms with van der Waals surface area (Å²) >= 11 is 5.76. The van der Waals surface area contributed by atoms with Gasteiger partial charge in [-0.05, 0) is 48.0 Å². The number of nitrogens with one attached hydrogen (secondary N) is 1. The molecule has 1 N–H and O–H groups in total. The summed E-state index contributed by atoms with van der Waals surface area (Å²) in [5, 5.41) is 3.17. The van der Waals surface area contributed by atoms with Crippen LogP contribution in [0.3, 0.4) is 0 Å². The van der Waals surface area contributed by atoms with Crippen LogP contribution in [0.15, 0.2) is 54.6 Å². The van der Waals surface area contributed by atoms with Crippen LogP contribution in [0.25, 0.3) is 6.08 Å². The number of benzene rings is 2. The maximum absolute atomic E-state index is 11.7. The number of methoxy groups -OCH3 is 1. The zero-order valence-corrected chi connectivity index (χ0v) is 13.7. The summed E-state index contributed by atoms with van der Waals surface area (Å²) in [7, 11) is 1.57. The molecular weight excluding hydrogens is 330 g/mol. The summed E-state index contributed by atoms with van der Waals surface area (Å²) in [6.45, 7) is -0.371. The Balaban J connectivity index is 1.80. The maximum atomic E-state index is 11.7. The molecule has 0 bridgehead atoms. The van der Waals surface area contributed by atoms with Crippen molar-refractivity contribution >= 4 is 35.2 Å². The SMILES string of the molecule is COc1cccc(/C=C/C(=O)OCC(=O)Nc2ccc(Cl)cc2)c1. The molecular formula is C18H16ClNO4. The third-order valence-corrected chi connectivity index (χ3v) is 3.23. The second-order valence-corrected chi connectivity index (χ2v) is 5.21. The summed E-state index contributed by atoms with van der Waals surface area (Å²) in [6.07, 6.45) is 2.84. The fraction of sp³-hybridized carbons (Fsp3) is 0.111. The van der Waals surface area contributed by atoms with Crippen LogP contribution in [-0.4, -0.2) is 25.6 Å². The fourth-order valence-electron chi connectivity index (χ4n) is 1.82. The summed E-state index contributed by atoms with van der Waals surface area (Å²) < 4.78 is 9.98. The molecule has 2 aromatic rings. The highest BCUT2D eigenvalue weighted by Crippen LogP contribution is 2.14. The molecule has 0 saturated carbocycles. The van der Waals surface area contributed by atoms with Gasteiger partial charge in [0, 0.05) is 16.8 Å². The van der Waals surface area contributed by atoms with E-state index in [-0.39, 0.29) is 6.61 Å². The summed E-state index contributed by atoms with van der Waals surface area (Å²) in [5.74, 6) is -0.350. The lowest BCUT2D eigenvalue weighted by molar-refractivity contribution is -0.142. The first-order chi connectivity index (χ1) is 11.6. The fourth-order valence-corrected chi connectivity index (χ4v) is 1.95. The Morgan fingerprint density at radius 2 is 1.92 bits per heavy atom. The summed E-state index contributed by atoms with van der Waals surface area (Å²) in [6, 6.07) is 13.8. The van der Waals surface area contributed by atoms with E-state index in [1.807, 2.05) is 12.1 Å². The molecule has 0 aliphatic carbocycles. The summed E-state index contributed by atoms with van der Waals surface area (Å²) in [5.41, 5.74) is 1.37. The van der Waals surface area contributed by atoms with E-state index in [1.165, 1.54) is 6.08 Å². The molecule has 2 aromatic carbocycles. The van der Waals surface area contributed by atoms with Crippen molar-refractivity contribution in [2.75, 3.05) is 19.0 Å². The van der Waals surface area contributed by atoms with Gasteiger partial charge in [-0.15, -0.1) is 0 Å². The second kappa shape index (κ2) is 8.74.